The number of halogens is 1. The Bertz CT molecular complexity index is 1510. The largest absolute Gasteiger partial charge is 0.497 e. The summed E-state index contributed by atoms with van der Waals surface area (Å²) >= 11 is 0. The summed E-state index contributed by atoms with van der Waals surface area (Å²) in [7, 11) is 1.54. The number of carbonyl (C=O) groups excluding carboxylic acids is 3. The van der Waals surface area contributed by atoms with E-state index in [1.165, 1.54) is 35.4 Å². The lowest BCUT2D eigenvalue weighted by molar-refractivity contribution is -0.125. The highest BCUT2D eigenvalue weighted by atomic mass is 19.1. The number of hydrogen-bond acceptors (Lipinski definition) is 5. The summed E-state index contributed by atoms with van der Waals surface area (Å²) in [6, 6.07) is 21.6. The second kappa shape index (κ2) is 13.9. The van der Waals surface area contributed by atoms with E-state index in [-0.39, 0.29) is 12.5 Å². The van der Waals surface area contributed by atoms with Crippen molar-refractivity contribution in [1.29, 1.82) is 0 Å². The van der Waals surface area contributed by atoms with Gasteiger partial charge in [-0.2, -0.15) is 0 Å². The molecular formula is C33H32FN3O5. The number of nitrogens with zero attached hydrogens (tertiary/aromatic N) is 1. The van der Waals surface area contributed by atoms with Crippen molar-refractivity contribution in [1.82, 2.24) is 5.32 Å². The molecule has 1 heterocycles. The van der Waals surface area contributed by atoms with Gasteiger partial charge in [0.1, 0.15) is 23.4 Å². The van der Waals surface area contributed by atoms with E-state index >= 15 is 0 Å². The molecule has 0 aliphatic rings. The molecule has 0 saturated heterocycles. The van der Waals surface area contributed by atoms with Crippen LogP contribution in [0, 0.1) is 5.82 Å². The highest BCUT2D eigenvalue weighted by Gasteiger charge is 2.32. The maximum absolute atomic E-state index is 13.9. The highest BCUT2D eigenvalue weighted by molar-refractivity contribution is 6.10. The molecule has 0 fully saturated rings. The molecule has 3 amide bonds. The van der Waals surface area contributed by atoms with Gasteiger partial charge in [0.2, 0.25) is 11.8 Å². The molecule has 3 aromatic carbocycles. The van der Waals surface area contributed by atoms with Crippen molar-refractivity contribution in [2.24, 2.45) is 0 Å². The third-order valence-corrected chi connectivity index (χ3v) is 6.52. The fourth-order valence-electron chi connectivity index (χ4n) is 4.26. The van der Waals surface area contributed by atoms with E-state index in [0.717, 1.165) is 17.7 Å². The van der Waals surface area contributed by atoms with Crippen LogP contribution in [-0.4, -0.2) is 24.8 Å². The molecule has 0 spiro atoms. The number of ether oxygens (including phenoxy) is 1. The smallest absolute Gasteiger partial charge is 0.252 e. The third kappa shape index (κ3) is 7.72. The molecule has 0 bridgehead atoms. The molecule has 1 atom stereocenters. The molecule has 2 N–H and O–H groups in total. The molecule has 4 aromatic rings. The van der Waals surface area contributed by atoms with Gasteiger partial charge in [0.15, 0.2) is 0 Å². The zero-order valence-electron chi connectivity index (χ0n) is 23.5. The monoisotopic (exact) mass is 569 g/mol. The minimum Gasteiger partial charge on any atom is -0.497 e. The Balaban J connectivity index is 1.67. The molecule has 9 heteroatoms. The number of carbonyl (C=O) groups is 3. The van der Waals surface area contributed by atoms with Crippen molar-refractivity contribution in [3.63, 3.8) is 0 Å². The SMILES string of the molecule is COc1ccc(NC(=O)/C=C\C(=O)N(c2ccc(C(C)C)cc2)[C@H](C(=O)NCc2ccco2)c2ccc(F)cc2)cc1. The maximum atomic E-state index is 13.9. The van der Waals surface area contributed by atoms with Gasteiger partial charge in [0, 0.05) is 23.5 Å². The van der Waals surface area contributed by atoms with Crippen molar-refractivity contribution in [2.75, 3.05) is 17.3 Å². The maximum Gasteiger partial charge on any atom is 0.252 e. The number of benzene rings is 3. The van der Waals surface area contributed by atoms with E-state index in [4.69, 9.17) is 9.15 Å². The summed E-state index contributed by atoms with van der Waals surface area (Å²) in [6.45, 7) is 4.18. The minimum absolute atomic E-state index is 0.0813. The number of rotatable bonds is 11. The van der Waals surface area contributed by atoms with Gasteiger partial charge in [0.25, 0.3) is 5.91 Å². The summed E-state index contributed by atoms with van der Waals surface area (Å²) < 4.78 is 24.3. The van der Waals surface area contributed by atoms with Crippen molar-refractivity contribution in [3.05, 3.63) is 126 Å². The summed E-state index contributed by atoms with van der Waals surface area (Å²) in [4.78, 5) is 41.4. The van der Waals surface area contributed by atoms with E-state index in [1.54, 1.807) is 55.6 Å². The average Bonchev–Trinajstić information content (AvgIpc) is 3.52. The lowest BCUT2D eigenvalue weighted by Crippen LogP contribution is -2.43. The van der Waals surface area contributed by atoms with Crippen LogP contribution < -0.4 is 20.3 Å². The Morgan fingerprint density at radius 3 is 2.17 bits per heavy atom. The first-order valence-electron chi connectivity index (χ1n) is 13.4. The van der Waals surface area contributed by atoms with Gasteiger partial charge < -0.3 is 19.8 Å². The molecule has 0 saturated carbocycles. The van der Waals surface area contributed by atoms with Crippen LogP contribution in [0.4, 0.5) is 15.8 Å². The fourth-order valence-corrected chi connectivity index (χ4v) is 4.26. The van der Waals surface area contributed by atoms with Crippen LogP contribution in [0.25, 0.3) is 0 Å². The Morgan fingerprint density at radius 2 is 1.57 bits per heavy atom. The van der Waals surface area contributed by atoms with Crippen molar-refractivity contribution in [3.8, 4) is 5.75 Å². The Labute approximate surface area is 243 Å². The molecule has 0 aliphatic carbocycles. The van der Waals surface area contributed by atoms with Crippen LogP contribution in [0.5, 0.6) is 5.75 Å². The Kier molecular flexibility index (Phi) is 9.89. The molecule has 42 heavy (non-hydrogen) atoms. The summed E-state index contributed by atoms with van der Waals surface area (Å²) in [5, 5.41) is 5.50. The Morgan fingerprint density at radius 1 is 0.905 bits per heavy atom. The van der Waals surface area contributed by atoms with Crippen LogP contribution in [0.2, 0.25) is 0 Å². The van der Waals surface area contributed by atoms with Gasteiger partial charge in [-0.15, -0.1) is 0 Å². The quantitative estimate of drug-likeness (QED) is 0.212. The molecule has 1 aromatic heterocycles. The molecular weight excluding hydrogens is 537 g/mol. The number of furan rings is 1. The van der Waals surface area contributed by atoms with E-state index in [0.29, 0.717) is 28.4 Å². The lowest BCUT2D eigenvalue weighted by Gasteiger charge is -2.31. The molecule has 216 valence electrons. The van der Waals surface area contributed by atoms with Gasteiger partial charge in [-0.25, -0.2) is 4.39 Å². The van der Waals surface area contributed by atoms with E-state index in [2.05, 4.69) is 10.6 Å². The fraction of sp³-hybridized carbons (Fsp3) is 0.182. The highest BCUT2D eigenvalue weighted by Crippen LogP contribution is 2.30. The van der Waals surface area contributed by atoms with E-state index in [1.807, 2.05) is 26.0 Å². The van der Waals surface area contributed by atoms with Gasteiger partial charge in [0.05, 0.1) is 19.9 Å². The molecule has 0 aliphatic heterocycles. The standard InChI is InChI=1S/C33H32FN3O5/c1-22(2)23-8-14-27(15-9-23)37(31(39)19-18-30(38)36-26-12-16-28(41-3)17-13-26)32(24-6-10-25(34)11-7-24)33(40)35-21-29-5-4-20-42-29/h4-20,22,32H,21H2,1-3H3,(H,35,40)(H,36,38)/b19-18-/t32-/m0/s1. The number of anilines is 2. The van der Waals surface area contributed by atoms with Gasteiger partial charge in [-0.3, -0.25) is 19.3 Å². The summed E-state index contributed by atoms with van der Waals surface area (Å²) in [5.41, 5.74) is 2.36. The number of hydrogen-bond donors (Lipinski definition) is 2. The van der Waals surface area contributed by atoms with Crippen molar-refractivity contribution >= 4 is 29.1 Å². The average molecular weight is 570 g/mol. The van der Waals surface area contributed by atoms with Gasteiger partial charge >= 0.3 is 0 Å². The zero-order valence-corrected chi connectivity index (χ0v) is 23.5. The number of nitrogens with one attached hydrogen (secondary N) is 2. The van der Waals surface area contributed by atoms with Crippen LogP contribution in [-0.2, 0) is 20.9 Å². The number of methoxy groups -OCH3 is 1. The summed E-state index contributed by atoms with van der Waals surface area (Å²) in [5.74, 6) is -0.762. The lowest BCUT2D eigenvalue weighted by atomic mass is 10.0. The second-order valence-corrected chi connectivity index (χ2v) is 9.76. The molecule has 4 rings (SSSR count). The Hall–Kier alpha value is -5.18. The second-order valence-electron chi connectivity index (χ2n) is 9.76. The predicted molar refractivity (Wildman–Crippen MR) is 158 cm³/mol. The predicted octanol–water partition coefficient (Wildman–Crippen LogP) is 6.14. The van der Waals surface area contributed by atoms with Crippen LogP contribution in [0.1, 0.15) is 42.7 Å². The first-order valence-corrected chi connectivity index (χ1v) is 13.4. The van der Waals surface area contributed by atoms with E-state index in [9.17, 15) is 18.8 Å². The third-order valence-electron chi connectivity index (χ3n) is 6.52. The van der Waals surface area contributed by atoms with E-state index < -0.39 is 29.6 Å². The number of amides is 3. The molecule has 0 unspecified atom stereocenters. The normalized spacial score (nSPS) is 11.7. The van der Waals surface area contributed by atoms with Crippen LogP contribution >= 0.6 is 0 Å². The summed E-state index contributed by atoms with van der Waals surface area (Å²) in [6.07, 6.45) is 3.70. The van der Waals surface area contributed by atoms with Crippen LogP contribution in [0.15, 0.2) is 108 Å². The van der Waals surface area contributed by atoms with Gasteiger partial charge in [-0.05, 0) is 77.7 Å². The minimum atomic E-state index is -1.19. The molecule has 0 radical (unpaired) electrons. The molecule has 8 nitrogen and oxygen atoms in total. The zero-order chi connectivity index (χ0) is 30.1. The van der Waals surface area contributed by atoms with Crippen molar-refractivity contribution in [2.45, 2.75) is 32.4 Å². The first kappa shape index (κ1) is 29.8. The van der Waals surface area contributed by atoms with Crippen LogP contribution in [0.3, 0.4) is 0 Å². The topological polar surface area (TPSA) is 101 Å². The first-order chi connectivity index (χ1) is 20.2. The van der Waals surface area contributed by atoms with Crippen molar-refractivity contribution < 1.29 is 27.9 Å². The van der Waals surface area contributed by atoms with Gasteiger partial charge in [-0.1, -0.05) is 38.1 Å².